The van der Waals surface area contributed by atoms with Crippen LogP contribution in [-0.2, 0) is 20.6 Å². The highest BCUT2D eigenvalue weighted by Crippen LogP contribution is 2.25. The number of nitrogens with one attached hydrogen (secondary N) is 1. The number of thioether (sulfide) groups is 1. The highest BCUT2D eigenvalue weighted by atomic mass is 32.2. The lowest BCUT2D eigenvalue weighted by Crippen LogP contribution is -2.41. The molecule has 35 heavy (non-hydrogen) atoms. The van der Waals surface area contributed by atoms with Gasteiger partial charge in [0.25, 0.3) is 10.0 Å². The summed E-state index contributed by atoms with van der Waals surface area (Å²) < 4.78 is 46.6. The second kappa shape index (κ2) is 12.6. The highest BCUT2D eigenvalue weighted by molar-refractivity contribution is 7.98. The predicted molar refractivity (Wildman–Crippen MR) is 139 cm³/mol. The average Bonchev–Trinajstić information content (AvgIpc) is 2.84. The van der Waals surface area contributed by atoms with Gasteiger partial charge in [-0.25, -0.2) is 12.8 Å². The summed E-state index contributed by atoms with van der Waals surface area (Å²) >= 11 is 1.69. The Bertz CT molecular complexity index is 1220. The zero-order valence-corrected chi connectivity index (χ0v) is 21.4. The van der Waals surface area contributed by atoms with Gasteiger partial charge in [0.2, 0.25) is 5.91 Å². The molecule has 0 spiro atoms. The number of carbonyl (C=O) groups is 1. The van der Waals surface area contributed by atoms with Crippen LogP contribution in [0.15, 0.2) is 77.7 Å². The van der Waals surface area contributed by atoms with Gasteiger partial charge in [-0.05, 0) is 73.5 Å². The average molecular weight is 517 g/mol. The molecule has 0 atom stereocenters. The van der Waals surface area contributed by atoms with Crippen molar-refractivity contribution in [1.82, 2.24) is 5.32 Å². The van der Waals surface area contributed by atoms with Gasteiger partial charge in [0.05, 0.1) is 17.2 Å². The second-order valence-electron chi connectivity index (χ2n) is 7.72. The Kier molecular flexibility index (Phi) is 9.56. The maximum absolute atomic E-state index is 13.5. The lowest BCUT2D eigenvalue weighted by atomic mass is 10.1. The number of carbonyl (C=O) groups excluding carboxylic acids is 1. The van der Waals surface area contributed by atoms with Crippen molar-refractivity contribution >= 4 is 33.4 Å². The van der Waals surface area contributed by atoms with Crippen LogP contribution in [0.3, 0.4) is 0 Å². The summed E-state index contributed by atoms with van der Waals surface area (Å²) in [6.07, 6.45) is 0. The van der Waals surface area contributed by atoms with Gasteiger partial charge in [-0.1, -0.05) is 24.3 Å². The zero-order valence-electron chi connectivity index (χ0n) is 19.7. The van der Waals surface area contributed by atoms with Gasteiger partial charge in [0.1, 0.15) is 18.1 Å². The van der Waals surface area contributed by atoms with Crippen LogP contribution in [0.5, 0.6) is 5.75 Å². The quantitative estimate of drug-likeness (QED) is 0.351. The van der Waals surface area contributed by atoms with E-state index in [9.17, 15) is 17.6 Å². The Morgan fingerprint density at radius 2 is 1.71 bits per heavy atom. The van der Waals surface area contributed by atoms with E-state index in [2.05, 4.69) is 24.4 Å². The molecule has 0 aromatic heterocycles. The van der Waals surface area contributed by atoms with Crippen molar-refractivity contribution in [3.05, 3.63) is 89.7 Å². The van der Waals surface area contributed by atoms with Crippen LogP contribution in [-0.4, -0.2) is 39.8 Å². The van der Waals surface area contributed by atoms with E-state index in [1.165, 1.54) is 35.4 Å². The van der Waals surface area contributed by atoms with Gasteiger partial charge in [-0.3, -0.25) is 9.10 Å². The topological polar surface area (TPSA) is 75.7 Å². The number of rotatable bonds is 12. The number of nitrogens with zero attached hydrogens (tertiary/aromatic N) is 1. The van der Waals surface area contributed by atoms with Crippen molar-refractivity contribution in [1.29, 1.82) is 0 Å². The third kappa shape index (κ3) is 7.47. The molecule has 0 aliphatic heterocycles. The Balaban J connectivity index is 1.66. The molecule has 0 heterocycles. The van der Waals surface area contributed by atoms with Gasteiger partial charge in [-0.2, -0.15) is 11.8 Å². The number of ether oxygens (including phenoxy) is 1. The molecule has 3 aromatic rings. The fourth-order valence-electron chi connectivity index (χ4n) is 3.33. The SMILES string of the molecule is CCOc1ccc(S(=O)(=O)N(CC(=O)NCCSCc2ccccc2C)c2ccc(F)cc2)cc1. The molecule has 0 saturated heterocycles. The summed E-state index contributed by atoms with van der Waals surface area (Å²) in [6, 6.07) is 19.1. The molecule has 0 fully saturated rings. The van der Waals surface area contributed by atoms with Crippen molar-refractivity contribution in [3.63, 3.8) is 0 Å². The molecule has 3 rings (SSSR count). The van der Waals surface area contributed by atoms with Gasteiger partial charge < -0.3 is 10.1 Å². The van der Waals surface area contributed by atoms with Crippen LogP contribution in [0.4, 0.5) is 10.1 Å². The van der Waals surface area contributed by atoms with Crippen LogP contribution >= 0.6 is 11.8 Å². The molecule has 1 N–H and O–H groups in total. The van der Waals surface area contributed by atoms with Gasteiger partial charge in [0, 0.05) is 18.1 Å². The smallest absolute Gasteiger partial charge is 0.264 e. The Morgan fingerprint density at radius 1 is 1.03 bits per heavy atom. The van der Waals surface area contributed by atoms with Crippen LogP contribution in [0.1, 0.15) is 18.1 Å². The normalized spacial score (nSPS) is 11.2. The van der Waals surface area contributed by atoms with Crippen LogP contribution in [0.25, 0.3) is 0 Å². The second-order valence-corrected chi connectivity index (χ2v) is 10.7. The summed E-state index contributed by atoms with van der Waals surface area (Å²) in [5.41, 5.74) is 2.66. The first-order chi connectivity index (χ1) is 16.8. The summed E-state index contributed by atoms with van der Waals surface area (Å²) in [5.74, 6) is 1.11. The number of hydrogen-bond donors (Lipinski definition) is 1. The van der Waals surface area contributed by atoms with Crippen molar-refractivity contribution in [2.24, 2.45) is 0 Å². The molecular weight excluding hydrogens is 487 g/mol. The first-order valence-corrected chi connectivity index (χ1v) is 13.8. The number of sulfonamides is 1. The van der Waals surface area contributed by atoms with E-state index < -0.39 is 28.3 Å². The first-order valence-electron chi connectivity index (χ1n) is 11.2. The molecule has 0 aliphatic carbocycles. The minimum atomic E-state index is -4.08. The van der Waals surface area contributed by atoms with E-state index in [0.29, 0.717) is 24.7 Å². The molecule has 6 nitrogen and oxygen atoms in total. The van der Waals surface area contributed by atoms with Gasteiger partial charge in [0.15, 0.2) is 0 Å². The maximum Gasteiger partial charge on any atom is 0.264 e. The standard InChI is InChI=1S/C26H29FN2O4S2/c1-3-33-24-12-14-25(15-13-24)35(31,32)29(23-10-8-22(27)9-11-23)18-26(30)28-16-17-34-19-21-7-5-4-6-20(21)2/h4-15H,3,16-19H2,1-2H3,(H,28,30). The molecule has 186 valence electrons. The van der Waals surface area contributed by atoms with Gasteiger partial charge >= 0.3 is 0 Å². The first kappa shape index (κ1) is 26.6. The number of hydrogen-bond acceptors (Lipinski definition) is 5. The van der Waals surface area contributed by atoms with E-state index in [4.69, 9.17) is 4.74 Å². The molecule has 3 aromatic carbocycles. The predicted octanol–water partition coefficient (Wildman–Crippen LogP) is 4.78. The van der Waals surface area contributed by atoms with Crippen molar-refractivity contribution in [3.8, 4) is 5.75 Å². The molecule has 9 heteroatoms. The van der Waals surface area contributed by atoms with Gasteiger partial charge in [-0.15, -0.1) is 0 Å². The Hall–Kier alpha value is -3.04. The summed E-state index contributed by atoms with van der Waals surface area (Å²) in [7, 11) is -4.08. The maximum atomic E-state index is 13.5. The van der Waals surface area contributed by atoms with E-state index >= 15 is 0 Å². The van der Waals surface area contributed by atoms with E-state index in [1.54, 1.807) is 23.9 Å². The molecule has 0 unspecified atom stereocenters. The van der Waals surface area contributed by atoms with E-state index in [-0.39, 0.29) is 10.6 Å². The third-order valence-electron chi connectivity index (χ3n) is 5.21. The summed E-state index contributed by atoms with van der Waals surface area (Å²) in [5, 5.41) is 2.78. The van der Waals surface area contributed by atoms with E-state index in [0.717, 1.165) is 22.2 Å². The Morgan fingerprint density at radius 3 is 2.37 bits per heavy atom. The molecule has 0 saturated carbocycles. The Labute approximate surface area is 210 Å². The fourth-order valence-corrected chi connectivity index (χ4v) is 5.68. The summed E-state index contributed by atoms with van der Waals surface area (Å²) in [4.78, 5) is 12.7. The van der Waals surface area contributed by atoms with Crippen molar-refractivity contribution in [2.45, 2.75) is 24.5 Å². The molecule has 1 amide bonds. The molecule has 0 radical (unpaired) electrons. The third-order valence-corrected chi connectivity index (χ3v) is 8.01. The number of anilines is 1. The molecule has 0 aliphatic rings. The monoisotopic (exact) mass is 516 g/mol. The molecular formula is C26H29FN2O4S2. The zero-order chi connectivity index (χ0) is 25.3. The minimum absolute atomic E-state index is 0.00636. The molecule has 0 bridgehead atoms. The summed E-state index contributed by atoms with van der Waals surface area (Å²) in [6.45, 7) is 4.32. The minimum Gasteiger partial charge on any atom is -0.494 e. The van der Waals surface area contributed by atoms with Crippen LogP contribution < -0.4 is 14.4 Å². The number of aryl methyl sites for hydroxylation is 1. The number of halogens is 1. The van der Waals surface area contributed by atoms with E-state index in [1.807, 2.05) is 19.1 Å². The van der Waals surface area contributed by atoms with Crippen LogP contribution in [0.2, 0.25) is 0 Å². The van der Waals surface area contributed by atoms with Crippen molar-refractivity contribution < 1.29 is 22.3 Å². The lowest BCUT2D eigenvalue weighted by molar-refractivity contribution is -0.119. The number of amides is 1. The fraction of sp³-hybridized carbons (Fsp3) is 0.269. The van der Waals surface area contributed by atoms with Crippen molar-refractivity contribution in [2.75, 3.05) is 29.8 Å². The number of benzene rings is 3. The van der Waals surface area contributed by atoms with Crippen LogP contribution in [0, 0.1) is 12.7 Å². The largest absolute Gasteiger partial charge is 0.494 e. The lowest BCUT2D eigenvalue weighted by Gasteiger charge is -2.24. The highest BCUT2D eigenvalue weighted by Gasteiger charge is 2.27.